The first kappa shape index (κ1) is 11.0. The van der Waals surface area contributed by atoms with E-state index in [1.807, 2.05) is 36.4 Å². The van der Waals surface area contributed by atoms with Crippen molar-refractivity contribution in [2.75, 3.05) is 0 Å². The van der Waals surface area contributed by atoms with Gasteiger partial charge in [-0.2, -0.15) is 0 Å². The number of halogens is 1. The number of ketones is 1. The summed E-state index contributed by atoms with van der Waals surface area (Å²) in [7, 11) is 0. The van der Waals surface area contributed by atoms with Crippen molar-refractivity contribution in [1.82, 2.24) is 4.98 Å². The molecule has 0 saturated carbocycles. The van der Waals surface area contributed by atoms with Gasteiger partial charge in [0, 0.05) is 21.8 Å². The second-order valence-corrected chi connectivity index (χ2v) is 4.38. The minimum absolute atomic E-state index is 0.0559. The van der Waals surface area contributed by atoms with Gasteiger partial charge in [0.25, 0.3) is 0 Å². The Kier molecular flexibility index (Phi) is 3.15. The number of aromatic nitrogens is 1. The molecule has 0 aliphatic rings. The minimum atomic E-state index is 0.0559. The van der Waals surface area contributed by atoms with Crippen molar-refractivity contribution in [1.29, 1.82) is 0 Å². The number of hydrogen-bond acceptors (Lipinski definition) is 2. The Bertz CT molecular complexity index is 520. The van der Waals surface area contributed by atoms with Crippen molar-refractivity contribution in [2.45, 2.75) is 6.92 Å². The number of rotatable bonds is 2. The number of pyridine rings is 1. The molecule has 1 heterocycles. The normalized spacial score (nSPS) is 10.1. The van der Waals surface area contributed by atoms with E-state index in [-0.39, 0.29) is 5.78 Å². The molecule has 1 aromatic carbocycles. The third-order valence-electron chi connectivity index (χ3n) is 2.31. The van der Waals surface area contributed by atoms with Crippen LogP contribution in [0.3, 0.4) is 0 Å². The number of hydrogen-bond donors (Lipinski definition) is 0. The average molecular weight is 276 g/mol. The zero-order valence-corrected chi connectivity index (χ0v) is 10.4. The van der Waals surface area contributed by atoms with E-state index in [1.165, 1.54) is 0 Å². The molecule has 3 heteroatoms. The number of carbonyl (C=O) groups is 1. The first-order valence-corrected chi connectivity index (χ1v) is 5.69. The van der Waals surface area contributed by atoms with Gasteiger partial charge in [0.15, 0.2) is 5.78 Å². The Labute approximate surface area is 102 Å². The second-order valence-electron chi connectivity index (χ2n) is 3.46. The largest absolute Gasteiger partial charge is 0.294 e. The summed E-state index contributed by atoms with van der Waals surface area (Å²) < 4.78 is 0.927. The molecule has 1 aromatic heterocycles. The molecular formula is C13H10BrNO. The van der Waals surface area contributed by atoms with Crippen LogP contribution in [0.2, 0.25) is 0 Å². The lowest BCUT2D eigenvalue weighted by Crippen LogP contribution is -1.96. The summed E-state index contributed by atoms with van der Waals surface area (Å²) in [5.41, 5.74) is 2.40. The lowest BCUT2D eigenvalue weighted by Gasteiger charge is -2.05. The van der Waals surface area contributed by atoms with Crippen molar-refractivity contribution in [2.24, 2.45) is 0 Å². The van der Waals surface area contributed by atoms with Crippen LogP contribution in [-0.2, 0) is 0 Å². The van der Waals surface area contributed by atoms with Gasteiger partial charge in [-0.15, -0.1) is 0 Å². The molecule has 0 fully saturated rings. The van der Waals surface area contributed by atoms with Crippen LogP contribution in [0.15, 0.2) is 47.1 Å². The summed E-state index contributed by atoms with van der Waals surface area (Å²) in [4.78, 5) is 15.8. The molecular weight excluding hydrogens is 266 g/mol. The predicted molar refractivity (Wildman–Crippen MR) is 67.4 cm³/mol. The maximum atomic E-state index is 11.5. The maximum absolute atomic E-state index is 11.5. The van der Waals surface area contributed by atoms with Crippen LogP contribution >= 0.6 is 15.9 Å². The van der Waals surface area contributed by atoms with E-state index in [0.717, 1.165) is 15.7 Å². The fraction of sp³-hybridized carbons (Fsp3) is 0.0769. The van der Waals surface area contributed by atoms with Gasteiger partial charge in [-0.1, -0.05) is 24.3 Å². The van der Waals surface area contributed by atoms with Crippen molar-refractivity contribution in [3.05, 3.63) is 52.6 Å². The van der Waals surface area contributed by atoms with Crippen molar-refractivity contribution in [3.63, 3.8) is 0 Å². The summed E-state index contributed by atoms with van der Waals surface area (Å²) in [5.74, 6) is 0.0559. The topological polar surface area (TPSA) is 30.0 Å². The lowest BCUT2D eigenvalue weighted by atomic mass is 10.0. The second kappa shape index (κ2) is 4.58. The summed E-state index contributed by atoms with van der Waals surface area (Å²) in [5, 5.41) is 0. The SMILES string of the molecule is CC(=O)c1ccccc1-c1ccc(Br)cn1. The maximum Gasteiger partial charge on any atom is 0.160 e. The van der Waals surface area contributed by atoms with Crippen LogP contribution in [0.4, 0.5) is 0 Å². The molecule has 16 heavy (non-hydrogen) atoms. The monoisotopic (exact) mass is 275 g/mol. The van der Waals surface area contributed by atoms with Gasteiger partial charge in [-0.3, -0.25) is 9.78 Å². The van der Waals surface area contributed by atoms with E-state index in [1.54, 1.807) is 13.1 Å². The van der Waals surface area contributed by atoms with Crippen molar-refractivity contribution < 1.29 is 4.79 Å². The van der Waals surface area contributed by atoms with Crippen LogP contribution in [0.25, 0.3) is 11.3 Å². The summed E-state index contributed by atoms with van der Waals surface area (Å²) >= 11 is 3.34. The Hall–Kier alpha value is -1.48. The molecule has 0 bridgehead atoms. The predicted octanol–water partition coefficient (Wildman–Crippen LogP) is 3.71. The Morgan fingerprint density at radius 3 is 2.56 bits per heavy atom. The van der Waals surface area contributed by atoms with Gasteiger partial charge in [0.1, 0.15) is 0 Å². The highest BCUT2D eigenvalue weighted by molar-refractivity contribution is 9.10. The Morgan fingerprint density at radius 1 is 1.19 bits per heavy atom. The zero-order valence-electron chi connectivity index (χ0n) is 8.77. The quantitative estimate of drug-likeness (QED) is 0.782. The molecule has 2 aromatic rings. The average Bonchev–Trinajstić information content (AvgIpc) is 2.30. The molecule has 0 unspecified atom stereocenters. The molecule has 0 N–H and O–H groups in total. The van der Waals surface area contributed by atoms with Gasteiger partial charge < -0.3 is 0 Å². The molecule has 0 saturated heterocycles. The van der Waals surface area contributed by atoms with E-state index >= 15 is 0 Å². The third kappa shape index (κ3) is 2.19. The molecule has 0 atom stereocenters. The lowest BCUT2D eigenvalue weighted by molar-refractivity contribution is 0.101. The smallest absolute Gasteiger partial charge is 0.160 e. The highest BCUT2D eigenvalue weighted by Crippen LogP contribution is 2.23. The molecule has 0 spiro atoms. The highest BCUT2D eigenvalue weighted by atomic mass is 79.9. The number of benzene rings is 1. The number of carbonyl (C=O) groups excluding carboxylic acids is 1. The Morgan fingerprint density at radius 2 is 1.94 bits per heavy atom. The minimum Gasteiger partial charge on any atom is -0.294 e. The van der Waals surface area contributed by atoms with Crippen LogP contribution in [0.1, 0.15) is 17.3 Å². The van der Waals surface area contributed by atoms with Gasteiger partial charge in [0.05, 0.1) is 5.69 Å². The van der Waals surface area contributed by atoms with Crippen LogP contribution < -0.4 is 0 Å². The molecule has 2 nitrogen and oxygen atoms in total. The van der Waals surface area contributed by atoms with Gasteiger partial charge in [0.2, 0.25) is 0 Å². The van der Waals surface area contributed by atoms with Crippen molar-refractivity contribution >= 4 is 21.7 Å². The number of Topliss-reactive ketones (excluding diaryl/α,β-unsaturated/α-hetero) is 1. The number of nitrogens with zero attached hydrogens (tertiary/aromatic N) is 1. The molecule has 80 valence electrons. The molecule has 0 radical (unpaired) electrons. The summed E-state index contributed by atoms with van der Waals surface area (Å²) in [6, 6.07) is 11.3. The van der Waals surface area contributed by atoms with E-state index in [0.29, 0.717) is 5.56 Å². The van der Waals surface area contributed by atoms with Gasteiger partial charge in [-0.25, -0.2) is 0 Å². The molecule has 2 rings (SSSR count). The zero-order chi connectivity index (χ0) is 11.5. The van der Waals surface area contributed by atoms with Gasteiger partial charge >= 0.3 is 0 Å². The van der Waals surface area contributed by atoms with Crippen LogP contribution in [-0.4, -0.2) is 10.8 Å². The Balaban J connectivity index is 2.55. The van der Waals surface area contributed by atoms with E-state index in [2.05, 4.69) is 20.9 Å². The first-order chi connectivity index (χ1) is 7.68. The third-order valence-corrected chi connectivity index (χ3v) is 2.78. The van der Waals surface area contributed by atoms with Gasteiger partial charge in [-0.05, 0) is 35.0 Å². The van der Waals surface area contributed by atoms with E-state index in [9.17, 15) is 4.79 Å². The molecule has 0 aliphatic carbocycles. The van der Waals surface area contributed by atoms with Crippen molar-refractivity contribution in [3.8, 4) is 11.3 Å². The fourth-order valence-electron chi connectivity index (χ4n) is 1.55. The summed E-state index contributed by atoms with van der Waals surface area (Å²) in [6.07, 6.45) is 1.73. The van der Waals surface area contributed by atoms with E-state index in [4.69, 9.17) is 0 Å². The van der Waals surface area contributed by atoms with Crippen LogP contribution in [0.5, 0.6) is 0 Å². The molecule has 0 amide bonds. The summed E-state index contributed by atoms with van der Waals surface area (Å²) in [6.45, 7) is 1.57. The highest BCUT2D eigenvalue weighted by Gasteiger charge is 2.08. The first-order valence-electron chi connectivity index (χ1n) is 4.90. The van der Waals surface area contributed by atoms with E-state index < -0.39 is 0 Å². The standard InChI is InChI=1S/C13H10BrNO/c1-9(16)11-4-2-3-5-12(11)13-7-6-10(14)8-15-13/h2-8H,1H3. The fourth-order valence-corrected chi connectivity index (χ4v) is 1.78. The molecule has 0 aliphatic heterocycles. The van der Waals surface area contributed by atoms with Crippen LogP contribution in [0, 0.1) is 0 Å².